The molecule has 0 saturated carbocycles. The Labute approximate surface area is 84.7 Å². The van der Waals surface area contributed by atoms with Crippen molar-refractivity contribution in [2.75, 3.05) is 26.7 Å². The van der Waals surface area contributed by atoms with Crippen molar-refractivity contribution < 1.29 is 8.78 Å². The van der Waals surface area contributed by atoms with Crippen LogP contribution in [-0.4, -0.2) is 43.5 Å². The summed E-state index contributed by atoms with van der Waals surface area (Å²) in [5.41, 5.74) is 0. The predicted molar refractivity (Wildman–Crippen MR) is 53.7 cm³/mol. The summed E-state index contributed by atoms with van der Waals surface area (Å²) in [6.07, 6.45) is -0.0184. The average Bonchev–Trinajstić information content (AvgIpc) is 2.27. The normalized spacial score (nSPS) is 26.4. The molecule has 0 aliphatic carbocycles. The second kappa shape index (κ2) is 4.53. The van der Waals surface area contributed by atoms with Crippen LogP contribution in [0.1, 0.15) is 20.3 Å². The molecule has 1 aliphatic heterocycles. The number of likely N-dealkylation sites (N-methyl/N-ethyl adjacent to an activating group) is 1. The van der Waals surface area contributed by atoms with Crippen molar-refractivity contribution in [1.82, 2.24) is 10.2 Å². The van der Waals surface area contributed by atoms with Crippen LogP contribution in [0.15, 0.2) is 0 Å². The first kappa shape index (κ1) is 11.9. The molecule has 0 amide bonds. The zero-order valence-electron chi connectivity index (χ0n) is 9.19. The van der Waals surface area contributed by atoms with Gasteiger partial charge in [-0.2, -0.15) is 0 Å². The standard InChI is InChI=1S/C10H20F2N2/c1-8(2)5-14(3)6-9-4-10(11,12)7-13-9/h8-9,13H,4-7H2,1-3H3. The highest BCUT2D eigenvalue weighted by atomic mass is 19.3. The van der Waals surface area contributed by atoms with E-state index in [0.717, 1.165) is 6.54 Å². The molecule has 1 unspecified atom stereocenters. The zero-order chi connectivity index (χ0) is 10.8. The first-order valence-corrected chi connectivity index (χ1v) is 5.19. The smallest absolute Gasteiger partial charge is 0.261 e. The molecule has 1 rings (SSSR count). The van der Waals surface area contributed by atoms with Gasteiger partial charge in [0.2, 0.25) is 0 Å². The summed E-state index contributed by atoms with van der Waals surface area (Å²) in [4.78, 5) is 2.11. The van der Waals surface area contributed by atoms with Crippen molar-refractivity contribution >= 4 is 0 Å². The largest absolute Gasteiger partial charge is 0.307 e. The molecule has 14 heavy (non-hydrogen) atoms. The van der Waals surface area contributed by atoms with E-state index in [-0.39, 0.29) is 19.0 Å². The Morgan fingerprint density at radius 3 is 2.57 bits per heavy atom. The molecule has 84 valence electrons. The Balaban J connectivity index is 2.25. The maximum atomic E-state index is 12.8. The number of hydrogen-bond donors (Lipinski definition) is 1. The monoisotopic (exact) mass is 206 g/mol. The molecule has 1 fully saturated rings. The maximum absolute atomic E-state index is 12.8. The lowest BCUT2D eigenvalue weighted by atomic mass is 10.1. The lowest BCUT2D eigenvalue weighted by Gasteiger charge is -2.22. The van der Waals surface area contributed by atoms with E-state index in [0.29, 0.717) is 12.5 Å². The molecular weight excluding hydrogens is 186 g/mol. The molecule has 1 N–H and O–H groups in total. The Hall–Kier alpha value is -0.220. The van der Waals surface area contributed by atoms with Crippen LogP contribution in [0.4, 0.5) is 8.78 Å². The fraction of sp³-hybridized carbons (Fsp3) is 1.00. The zero-order valence-corrected chi connectivity index (χ0v) is 9.19. The fourth-order valence-corrected chi connectivity index (χ4v) is 2.00. The molecule has 0 spiro atoms. The molecule has 0 aromatic carbocycles. The third kappa shape index (κ3) is 3.88. The van der Waals surface area contributed by atoms with Crippen molar-refractivity contribution in [3.63, 3.8) is 0 Å². The van der Waals surface area contributed by atoms with Gasteiger partial charge in [-0.3, -0.25) is 0 Å². The van der Waals surface area contributed by atoms with Crippen LogP contribution in [-0.2, 0) is 0 Å². The molecule has 0 bridgehead atoms. The number of nitrogens with zero attached hydrogens (tertiary/aromatic N) is 1. The second-order valence-corrected chi connectivity index (χ2v) is 4.75. The molecule has 0 radical (unpaired) electrons. The number of alkyl halides is 2. The predicted octanol–water partition coefficient (Wildman–Crippen LogP) is 1.57. The topological polar surface area (TPSA) is 15.3 Å². The number of halogens is 2. The van der Waals surface area contributed by atoms with Gasteiger partial charge in [0.05, 0.1) is 6.54 Å². The summed E-state index contributed by atoms with van der Waals surface area (Å²) in [7, 11) is 1.98. The first-order chi connectivity index (χ1) is 6.39. The van der Waals surface area contributed by atoms with Gasteiger partial charge in [-0.25, -0.2) is 8.78 Å². The number of rotatable bonds is 4. The lowest BCUT2D eigenvalue weighted by molar-refractivity contribution is 0.0201. The van der Waals surface area contributed by atoms with Gasteiger partial charge in [-0.1, -0.05) is 13.8 Å². The van der Waals surface area contributed by atoms with E-state index < -0.39 is 5.92 Å². The average molecular weight is 206 g/mol. The first-order valence-electron chi connectivity index (χ1n) is 5.19. The Morgan fingerprint density at radius 1 is 1.50 bits per heavy atom. The molecule has 4 heteroatoms. The van der Waals surface area contributed by atoms with E-state index >= 15 is 0 Å². The van der Waals surface area contributed by atoms with Crippen LogP contribution in [0.3, 0.4) is 0 Å². The van der Waals surface area contributed by atoms with E-state index in [1.807, 2.05) is 7.05 Å². The van der Waals surface area contributed by atoms with E-state index in [2.05, 4.69) is 24.1 Å². The minimum Gasteiger partial charge on any atom is -0.307 e. The quantitative estimate of drug-likeness (QED) is 0.751. The fourth-order valence-electron chi connectivity index (χ4n) is 2.00. The highest BCUT2D eigenvalue weighted by molar-refractivity contribution is 4.88. The van der Waals surface area contributed by atoms with Gasteiger partial charge in [-0.15, -0.1) is 0 Å². The summed E-state index contributed by atoms with van der Waals surface area (Å²) in [5, 5.41) is 2.86. The van der Waals surface area contributed by atoms with Crippen LogP contribution in [0.5, 0.6) is 0 Å². The van der Waals surface area contributed by atoms with Gasteiger partial charge in [0.15, 0.2) is 0 Å². The Kier molecular flexibility index (Phi) is 3.84. The van der Waals surface area contributed by atoms with Crippen LogP contribution in [0.25, 0.3) is 0 Å². The van der Waals surface area contributed by atoms with Gasteiger partial charge < -0.3 is 10.2 Å². The van der Waals surface area contributed by atoms with Gasteiger partial charge in [0, 0.05) is 25.6 Å². The molecule has 1 saturated heterocycles. The van der Waals surface area contributed by atoms with Gasteiger partial charge in [0.25, 0.3) is 5.92 Å². The second-order valence-electron chi connectivity index (χ2n) is 4.75. The molecule has 1 aliphatic rings. The molecule has 1 heterocycles. The molecular formula is C10H20F2N2. The van der Waals surface area contributed by atoms with Gasteiger partial charge >= 0.3 is 0 Å². The van der Waals surface area contributed by atoms with E-state index in [4.69, 9.17) is 0 Å². The van der Waals surface area contributed by atoms with Crippen LogP contribution < -0.4 is 5.32 Å². The van der Waals surface area contributed by atoms with Crippen LogP contribution in [0, 0.1) is 5.92 Å². The summed E-state index contributed by atoms with van der Waals surface area (Å²) in [5.74, 6) is -1.91. The Morgan fingerprint density at radius 2 is 2.14 bits per heavy atom. The molecule has 0 aromatic heterocycles. The van der Waals surface area contributed by atoms with E-state index in [1.165, 1.54) is 0 Å². The summed E-state index contributed by atoms with van der Waals surface area (Å²) < 4.78 is 25.7. The summed E-state index contributed by atoms with van der Waals surface area (Å²) in [6.45, 7) is 5.78. The summed E-state index contributed by atoms with van der Waals surface area (Å²) >= 11 is 0. The number of hydrogen-bond acceptors (Lipinski definition) is 2. The lowest BCUT2D eigenvalue weighted by Crippen LogP contribution is -2.36. The highest BCUT2D eigenvalue weighted by Gasteiger charge is 2.39. The Bertz CT molecular complexity index is 183. The maximum Gasteiger partial charge on any atom is 0.261 e. The van der Waals surface area contributed by atoms with Crippen molar-refractivity contribution in [1.29, 1.82) is 0 Å². The third-order valence-corrected chi connectivity index (χ3v) is 2.40. The van der Waals surface area contributed by atoms with Crippen molar-refractivity contribution in [2.45, 2.75) is 32.2 Å². The summed E-state index contributed by atoms with van der Waals surface area (Å²) in [6, 6.07) is -0.0475. The van der Waals surface area contributed by atoms with Crippen molar-refractivity contribution in [2.24, 2.45) is 5.92 Å². The van der Waals surface area contributed by atoms with Crippen LogP contribution >= 0.6 is 0 Å². The minimum absolute atomic E-state index is 0.0184. The van der Waals surface area contributed by atoms with Crippen LogP contribution in [0.2, 0.25) is 0 Å². The third-order valence-electron chi connectivity index (χ3n) is 2.40. The van der Waals surface area contributed by atoms with Gasteiger partial charge in [-0.05, 0) is 13.0 Å². The molecule has 2 nitrogen and oxygen atoms in total. The number of nitrogens with one attached hydrogen (secondary N) is 1. The molecule has 1 atom stereocenters. The van der Waals surface area contributed by atoms with Crippen molar-refractivity contribution in [3.8, 4) is 0 Å². The molecule has 0 aromatic rings. The van der Waals surface area contributed by atoms with Crippen molar-refractivity contribution in [3.05, 3.63) is 0 Å². The highest BCUT2D eigenvalue weighted by Crippen LogP contribution is 2.25. The van der Waals surface area contributed by atoms with E-state index in [9.17, 15) is 8.78 Å². The minimum atomic E-state index is -2.50. The SMILES string of the molecule is CC(C)CN(C)CC1CC(F)(F)CN1. The van der Waals surface area contributed by atoms with Gasteiger partial charge in [0.1, 0.15) is 0 Å². The van der Waals surface area contributed by atoms with E-state index in [1.54, 1.807) is 0 Å².